The maximum Gasteiger partial charge on any atom is 0.308 e. The van der Waals surface area contributed by atoms with Gasteiger partial charge in [-0.3, -0.25) is 9.69 Å². The van der Waals surface area contributed by atoms with E-state index >= 15 is 0 Å². The highest BCUT2D eigenvalue weighted by atomic mass is 16.4. The van der Waals surface area contributed by atoms with Crippen LogP contribution in [0.3, 0.4) is 0 Å². The van der Waals surface area contributed by atoms with E-state index in [9.17, 15) is 4.79 Å². The SMILES string of the molecule is CCC1C(C(=O)O)CCCN1C1CC1. The van der Waals surface area contributed by atoms with E-state index in [-0.39, 0.29) is 5.92 Å². The van der Waals surface area contributed by atoms with Gasteiger partial charge in [-0.2, -0.15) is 0 Å². The fourth-order valence-electron chi connectivity index (χ4n) is 2.75. The van der Waals surface area contributed by atoms with Crippen molar-refractivity contribution in [2.75, 3.05) is 6.54 Å². The molecule has 1 N–H and O–H groups in total. The zero-order valence-electron chi connectivity index (χ0n) is 8.78. The van der Waals surface area contributed by atoms with E-state index in [1.807, 2.05) is 0 Å². The van der Waals surface area contributed by atoms with Crippen molar-refractivity contribution < 1.29 is 9.90 Å². The number of hydrogen-bond donors (Lipinski definition) is 1. The van der Waals surface area contributed by atoms with E-state index in [1.165, 1.54) is 12.8 Å². The maximum absolute atomic E-state index is 11.1. The molecular weight excluding hydrogens is 178 g/mol. The number of carbonyl (C=O) groups is 1. The molecule has 0 amide bonds. The lowest BCUT2D eigenvalue weighted by Crippen LogP contribution is -2.48. The lowest BCUT2D eigenvalue weighted by atomic mass is 9.87. The molecule has 0 bridgehead atoms. The van der Waals surface area contributed by atoms with Crippen LogP contribution in [0.15, 0.2) is 0 Å². The summed E-state index contributed by atoms with van der Waals surface area (Å²) in [6.45, 7) is 3.23. The second-order valence-electron chi connectivity index (χ2n) is 4.53. The smallest absolute Gasteiger partial charge is 0.308 e. The Morgan fingerprint density at radius 1 is 1.43 bits per heavy atom. The molecule has 2 fully saturated rings. The van der Waals surface area contributed by atoms with Crippen LogP contribution in [0.2, 0.25) is 0 Å². The second kappa shape index (κ2) is 3.89. The van der Waals surface area contributed by atoms with Gasteiger partial charge in [0.2, 0.25) is 0 Å². The molecule has 1 aliphatic heterocycles. The summed E-state index contributed by atoms with van der Waals surface area (Å²) >= 11 is 0. The lowest BCUT2D eigenvalue weighted by molar-refractivity contribution is -0.146. The highest BCUT2D eigenvalue weighted by Crippen LogP contribution is 2.36. The molecule has 2 rings (SSSR count). The molecule has 1 aliphatic carbocycles. The topological polar surface area (TPSA) is 40.5 Å². The van der Waals surface area contributed by atoms with Crippen LogP contribution in [0.5, 0.6) is 0 Å². The minimum absolute atomic E-state index is 0.116. The number of aliphatic carboxylic acids is 1. The predicted molar refractivity (Wildman–Crippen MR) is 54.2 cm³/mol. The fraction of sp³-hybridized carbons (Fsp3) is 0.909. The number of piperidine rings is 1. The molecule has 1 saturated heterocycles. The van der Waals surface area contributed by atoms with Crippen molar-refractivity contribution >= 4 is 5.97 Å². The number of carboxylic acid groups (broad SMARTS) is 1. The van der Waals surface area contributed by atoms with Gasteiger partial charge < -0.3 is 5.11 Å². The first-order chi connectivity index (χ1) is 6.74. The third kappa shape index (κ3) is 1.78. The lowest BCUT2D eigenvalue weighted by Gasteiger charge is -2.39. The summed E-state index contributed by atoms with van der Waals surface area (Å²) in [6, 6.07) is 1.01. The molecule has 2 unspecified atom stereocenters. The Morgan fingerprint density at radius 3 is 2.64 bits per heavy atom. The van der Waals surface area contributed by atoms with Crippen molar-refractivity contribution in [3.8, 4) is 0 Å². The molecular formula is C11H19NO2. The molecule has 0 aromatic rings. The Morgan fingerprint density at radius 2 is 2.14 bits per heavy atom. The Hall–Kier alpha value is -0.570. The third-order valence-corrected chi connectivity index (χ3v) is 3.57. The second-order valence-corrected chi connectivity index (χ2v) is 4.53. The van der Waals surface area contributed by atoms with Crippen molar-refractivity contribution in [2.45, 2.75) is 51.1 Å². The quantitative estimate of drug-likeness (QED) is 0.749. The molecule has 0 aromatic heterocycles. The normalized spacial score (nSPS) is 34.4. The Kier molecular flexibility index (Phi) is 2.77. The van der Waals surface area contributed by atoms with Crippen LogP contribution in [0.4, 0.5) is 0 Å². The van der Waals surface area contributed by atoms with E-state index in [0.717, 1.165) is 25.8 Å². The van der Waals surface area contributed by atoms with Crippen molar-refractivity contribution in [1.29, 1.82) is 0 Å². The predicted octanol–water partition coefficient (Wildman–Crippen LogP) is 1.72. The summed E-state index contributed by atoms with van der Waals surface area (Å²) in [7, 11) is 0. The van der Waals surface area contributed by atoms with Crippen LogP contribution < -0.4 is 0 Å². The van der Waals surface area contributed by atoms with Crippen molar-refractivity contribution in [3.05, 3.63) is 0 Å². The van der Waals surface area contributed by atoms with Gasteiger partial charge in [-0.05, 0) is 38.6 Å². The van der Waals surface area contributed by atoms with Crippen molar-refractivity contribution in [1.82, 2.24) is 4.90 Å². The molecule has 0 aromatic carbocycles. The van der Waals surface area contributed by atoms with Crippen LogP contribution >= 0.6 is 0 Å². The van der Waals surface area contributed by atoms with Crippen molar-refractivity contribution in [3.63, 3.8) is 0 Å². The fourth-order valence-corrected chi connectivity index (χ4v) is 2.75. The largest absolute Gasteiger partial charge is 0.481 e. The first-order valence-corrected chi connectivity index (χ1v) is 5.72. The molecule has 2 atom stereocenters. The molecule has 3 heteroatoms. The standard InChI is InChI=1S/C11H19NO2/c1-2-10-9(11(13)14)4-3-7-12(10)8-5-6-8/h8-10H,2-7H2,1H3,(H,13,14). The van der Waals surface area contributed by atoms with E-state index in [0.29, 0.717) is 12.1 Å². The summed E-state index contributed by atoms with van der Waals surface area (Å²) < 4.78 is 0. The van der Waals surface area contributed by atoms with Crippen molar-refractivity contribution in [2.24, 2.45) is 5.92 Å². The Bertz CT molecular complexity index is 225. The van der Waals surface area contributed by atoms with Gasteiger partial charge in [0.05, 0.1) is 5.92 Å². The van der Waals surface area contributed by atoms with E-state index in [2.05, 4.69) is 11.8 Å². The van der Waals surface area contributed by atoms with E-state index in [4.69, 9.17) is 5.11 Å². The summed E-state index contributed by atoms with van der Waals surface area (Å²) in [6.07, 6.45) is 5.47. The molecule has 2 aliphatic rings. The van der Waals surface area contributed by atoms with Gasteiger partial charge in [-0.25, -0.2) is 0 Å². The number of nitrogens with zero attached hydrogens (tertiary/aromatic N) is 1. The molecule has 1 saturated carbocycles. The zero-order chi connectivity index (χ0) is 10.1. The minimum atomic E-state index is -0.595. The highest BCUT2D eigenvalue weighted by molar-refractivity contribution is 5.71. The maximum atomic E-state index is 11.1. The molecule has 1 heterocycles. The summed E-state index contributed by atoms with van der Waals surface area (Å²) in [5.74, 6) is -0.712. The zero-order valence-corrected chi connectivity index (χ0v) is 8.78. The Balaban J connectivity index is 2.06. The van der Waals surface area contributed by atoms with Gasteiger partial charge in [0.25, 0.3) is 0 Å². The Labute approximate surface area is 85.1 Å². The molecule has 80 valence electrons. The number of hydrogen-bond acceptors (Lipinski definition) is 2. The number of rotatable bonds is 3. The highest BCUT2D eigenvalue weighted by Gasteiger charge is 2.41. The van der Waals surface area contributed by atoms with Gasteiger partial charge in [0.1, 0.15) is 0 Å². The van der Waals surface area contributed by atoms with E-state index in [1.54, 1.807) is 0 Å². The number of likely N-dealkylation sites (tertiary alicyclic amines) is 1. The van der Waals surface area contributed by atoms with Gasteiger partial charge in [0, 0.05) is 12.1 Å². The molecule has 3 nitrogen and oxygen atoms in total. The van der Waals surface area contributed by atoms with Crippen LogP contribution in [-0.2, 0) is 4.79 Å². The number of carboxylic acids is 1. The van der Waals surface area contributed by atoms with Crippen LogP contribution in [0, 0.1) is 5.92 Å². The van der Waals surface area contributed by atoms with Gasteiger partial charge in [-0.15, -0.1) is 0 Å². The molecule has 0 radical (unpaired) electrons. The van der Waals surface area contributed by atoms with Gasteiger partial charge in [0.15, 0.2) is 0 Å². The molecule has 0 spiro atoms. The first-order valence-electron chi connectivity index (χ1n) is 5.72. The van der Waals surface area contributed by atoms with Crippen LogP contribution in [0.25, 0.3) is 0 Å². The summed E-state index contributed by atoms with van der Waals surface area (Å²) in [5.41, 5.74) is 0. The average Bonchev–Trinajstić information content (AvgIpc) is 2.99. The van der Waals surface area contributed by atoms with Gasteiger partial charge in [-0.1, -0.05) is 6.92 Å². The monoisotopic (exact) mass is 197 g/mol. The van der Waals surface area contributed by atoms with Gasteiger partial charge >= 0.3 is 5.97 Å². The first kappa shape index (κ1) is 9.97. The summed E-state index contributed by atoms with van der Waals surface area (Å²) in [5, 5.41) is 9.13. The minimum Gasteiger partial charge on any atom is -0.481 e. The summed E-state index contributed by atoms with van der Waals surface area (Å²) in [4.78, 5) is 13.5. The third-order valence-electron chi connectivity index (χ3n) is 3.57. The van der Waals surface area contributed by atoms with Crippen LogP contribution in [0.1, 0.15) is 39.0 Å². The average molecular weight is 197 g/mol. The van der Waals surface area contributed by atoms with E-state index < -0.39 is 5.97 Å². The molecule has 14 heavy (non-hydrogen) atoms. The van der Waals surface area contributed by atoms with Crippen LogP contribution in [-0.4, -0.2) is 34.6 Å².